The number of hydrogen-bond acceptors (Lipinski definition) is 4. The van der Waals surface area contributed by atoms with Crippen LogP contribution < -0.4 is 5.32 Å². The van der Waals surface area contributed by atoms with E-state index in [4.69, 9.17) is 11.6 Å². The number of carbonyl (C=O) groups excluding carboxylic acids is 1. The predicted octanol–water partition coefficient (Wildman–Crippen LogP) is 2.54. The summed E-state index contributed by atoms with van der Waals surface area (Å²) in [6, 6.07) is 2.61. The maximum absolute atomic E-state index is 13.5. The monoisotopic (exact) mass is 309 g/mol. The molecule has 0 fully saturated rings. The highest BCUT2D eigenvalue weighted by Crippen LogP contribution is 2.19. The Morgan fingerprint density at radius 1 is 1.29 bits per heavy atom. The van der Waals surface area contributed by atoms with Crippen molar-refractivity contribution in [3.05, 3.63) is 46.9 Å². The largest absolute Gasteiger partial charge is 0.341 e. The van der Waals surface area contributed by atoms with Gasteiger partial charge in [0.25, 0.3) is 5.91 Å². The minimum absolute atomic E-state index is 0.0624. The summed E-state index contributed by atoms with van der Waals surface area (Å²) in [5.41, 5.74) is 0.339. The number of nitrogens with one attached hydrogen (secondary N) is 2. The molecule has 9 heteroatoms. The molecule has 2 aromatic heterocycles. The third-order valence-electron chi connectivity index (χ3n) is 2.64. The summed E-state index contributed by atoms with van der Waals surface area (Å²) in [4.78, 5) is 26.3. The summed E-state index contributed by atoms with van der Waals surface area (Å²) in [7, 11) is 0. The number of rotatable bonds is 2. The molecule has 0 radical (unpaired) electrons. The summed E-state index contributed by atoms with van der Waals surface area (Å²) in [5, 5.41) is 2.34. The van der Waals surface area contributed by atoms with Crippen LogP contribution in [0.4, 0.5) is 14.7 Å². The molecule has 3 rings (SSSR count). The van der Waals surface area contributed by atoms with E-state index in [1.54, 1.807) is 0 Å². The lowest BCUT2D eigenvalue weighted by Gasteiger charge is -2.05. The highest BCUT2D eigenvalue weighted by molar-refractivity contribution is 6.33. The second-order valence-electron chi connectivity index (χ2n) is 4.02. The van der Waals surface area contributed by atoms with Crippen LogP contribution in [0.3, 0.4) is 0 Å². The van der Waals surface area contributed by atoms with E-state index in [0.717, 1.165) is 12.1 Å². The number of carbonyl (C=O) groups is 1. The molecule has 1 aromatic carbocycles. The Kier molecular flexibility index (Phi) is 3.22. The topological polar surface area (TPSA) is 83.6 Å². The molecule has 3 aromatic rings. The number of anilines is 1. The zero-order chi connectivity index (χ0) is 15.0. The normalized spacial score (nSPS) is 10.8. The molecule has 0 saturated heterocycles. The number of nitrogens with zero attached hydrogens (tertiary/aromatic N) is 3. The van der Waals surface area contributed by atoms with E-state index in [1.807, 2.05) is 0 Å². The lowest BCUT2D eigenvalue weighted by atomic mass is 10.2. The van der Waals surface area contributed by atoms with Gasteiger partial charge in [0.2, 0.25) is 5.95 Å². The van der Waals surface area contributed by atoms with Crippen molar-refractivity contribution >= 4 is 34.6 Å². The molecule has 0 atom stereocenters. The number of H-pyrrole nitrogens is 1. The Bertz CT molecular complexity index is 851. The van der Waals surface area contributed by atoms with Crippen molar-refractivity contribution in [2.45, 2.75) is 0 Å². The molecular weight excluding hydrogens is 304 g/mol. The molecule has 0 bridgehead atoms. The van der Waals surface area contributed by atoms with Crippen molar-refractivity contribution in [1.82, 2.24) is 19.9 Å². The minimum Gasteiger partial charge on any atom is -0.341 e. The molecule has 0 saturated carbocycles. The summed E-state index contributed by atoms with van der Waals surface area (Å²) < 4.78 is 26.3. The van der Waals surface area contributed by atoms with Crippen LogP contribution in [-0.4, -0.2) is 25.8 Å². The van der Waals surface area contributed by atoms with Crippen molar-refractivity contribution in [2.75, 3.05) is 5.32 Å². The van der Waals surface area contributed by atoms with Crippen molar-refractivity contribution in [3.8, 4) is 0 Å². The van der Waals surface area contributed by atoms with Crippen LogP contribution in [0.25, 0.3) is 11.2 Å². The molecule has 2 heterocycles. The first-order valence-electron chi connectivity index (χ1n) is 5.67. The summed E-state index contributed by atoms with van der Waals surface area (Å²) in [6.45, 7) is 0. The van der Waals surface area contributed by atoms with E-state index in [9.17, 15) is 13.6 Å². The fourth-order valence-corrected chi connectivity index (χ4v) is 1.92. The van der Waals surface area contributed by atoms with Crippen LogP contribution in [0.5, 0.6) is 0 Å². The lowest BCUT2D eigenvalue weighted by molar-refractivity contribution is 0.102. The number of benzene rings is 1. The van der Waals surface area contributed by atoms with E-state index in [0.29, 0.717) is 11.6 Å². The van der Waals surface area contributed by atoms with E-state index in [-0.39, 0.29) is 22.3 Å². The molecule has 0 spiro atoms. The molecular formula is C12H6ClF2N5O. The van der Waals surface area contributed by atoms with Crippen molar-refractivity contribution in [3.63, 3.8) is 0 Å². The average Bonchev–Trinajstić information content (AvgIpc) is 2.87. The minimum atomic E-state index is -0.987. The van der Waals surface area contributed by atoms with Gasteiger partial charge in [0.1, 0.15) is 17.2 Å². The van der Waals surface area contributed by atoms with Crippen LogP contribution in [0, 0.1) is 11.6 Å². The number of aromatic nitrogens is 4. The van der Waals surface area contributed by atoms with Crippen LogP contribution in [-0.2, 0) is 0 Å². The molecule has 0 aliphatic carbocycles. The first-order chi connectivity index (χ1) is 10.0. The highest BCUT2D eigenvalue weighted by Gasteiger charge is 2.15. The number of fused-ring (bicyclic) bond motifs is 1. The second kappa shape index (κ2) is 5.06. The summed E-state index contributed by atoms with van der Waals surface area (Å²) >= 11 is 5.89. The quantitative estimate of drug-likeness (QED) is 0.713. The zero-order valence-electron chi connectivity index (χ0n) is 10.2. The van der Waals surface area contributed by atoms with E-state index in [2.05, 4.69) is 25.3 Å². The van der Waals surface area contributed by atoms with Crippen LogP contribution >= 0.6 is 11.6 Å². The molecule has 106 valence electrons. The van der Waals surface area contributed by atoms with Gasteiger partial charge in [-0.1, -0.05) is 11.6 Å². The van der Waals surface area contributed by atoms with Crippen LogP contribution in [0.1, 0.15) is 10.4 Å². The fraction of sp³-hybridized carbons (Fsp3) is 0. The van der Waals surface area contributed by atoms with Crippen LogP contribution in [0.2, 0.25) is 5.15 Å². The number of hydrogen-bond donors (Lipinski definition) is 2. The Balaban J connectivity index is 1.92. The fourth-order valence-electron chi connectivity index (χ4n) is 1.70. The first kappa shape index (κ1) is 13.4. The third-order valence-corrected chi connectivity index (χ3v) is 2.92. The molecule has 1 amide bonds. The van der Waals surface area contributed by atoms with Gasteiger partial charge in [0, 0.05) is 6.07 Å². The van der Waals surface area contributed by atoms with Crippen molar-refractivity contribution in [2.24, 2.45) is 0 Å². The van der Waals surface area contributed by atoms with Crippen molar-refractivity contribution in [1.29, 1.82) is 0 Å². The van der Waals surface area contributed by atoms with Gasteiger partial charge in [-0.15, -0.1) is 0 Å². The number of imidazole rings is 1. The molecule has 0 unspecified atom stereocenters. The Labute approximate surface area is 121 Å². The zero-order valence-corrected chi connectivity index (χ0v) is 10.9. The number of amides is 1. The SMILES string of the molecule is O=C(Nc1nc(Cl)c2[nH]cnc2n1)c1ccc(F)cc1F. The van der Waals surface area contributed by atoms with E-state index < -0.39 is 17.5 Å². The second-order valence-corrected chi connectivity index (χ2v) is 4.38. The number of halogens is 3. The number of aromatic amines is 1. The van der Waals surface area contributed by atoms with Crippen molar-refractivity contribution < 1.29 is 13.6 Å². The maximum Gasteiger partial charge on any atom is 0.260 e. The Morgan fingerprint density at radius 2 is 2.10 bits per heavy atom. The summed E-state index contributed by atoms with van der Waals surface area (Å²) in [5.74, 6) is -2.72. The van der Waals surface area contributed by atoms with Gasteiger partial charge in [0.05, 0.1) is 11.9 Å². The third kappa shape index (κ3) is 2.52. The standard InChI is InChI=1S/C12H6ClF2N5O/c13-9-8-10(17-4-16-8)19-12(18-9)20-11(21)6-2-1-5(14)3-7(6)15/h1-4H,(H2,16,17,18,19,20,21). The Morgan fingerprint density at radius 3 is 2.86 bits per heavy atom. The molecule has 0 aliphatic rings. The van der Waals surface area contributed by atoms with Gasteiger partial charge in [-0.05, 0) is 12.1 Å². The average molecular weight is 310 g/mol. The highest BCUT2D eigenvalue weighted by atomic mass is 35.5. The van der Waals surface area contributed by atoms with Gasteiger partial charge < -0.3 is 4.98 Å². The van der Waals surface area contributed by atoms with Gasteiger partial charge >= 0.3 is 0 Å². The summed E-state index contributed by atoms with van der Waals surface area (Å²) in [6.07, 6.45) is 1.37. The maximum atomic E-state index is 13.5. The smallest absolute Gasteiger partial charge is 0.260 e. The first-order valence-corrected chi connectivity index (χ1v) is 6.05. The Hall–Kier alpha value is -2.61. The van der Waals surface area contributed by atoms with E-state index in [1.165, 1.54) is 6.33 Å². The molecule has 2 N–H and O–H groups in total. The van der Waals surface area contributed by atoms with Crippen LogP contribution in [0.15, 0.2) is 24.5 Å². The lowest BCUT2D eigenvalue weighted by Crippen LogP contribution is -2.16. The van der Waals surface area contributed by atoms with Gasteiger partial charge in [-0.3, -0.25) is 10.1 Å². The van der Waals surface area contributed by atoms with E-state index >= 15 is 0 Å². The van der Waals surface area contributed by atoms with Gasteiger partial charge in [-0.2, -0.15) is 9.97 Å². The van der Waals surface area contributed by atoms with Gasteiger partial charge in [-0.25, -0.2) is 13.8 Å². The molecule has 0 aliphatic heterocycles. The molecule has 21 heavy (non-hydrogen) atoms. The van der Waals surface area contributed by atoms with Gasteiger partial charge in [0.15, 0.2) is 10.8 Å². The predicted molar refractivity (Wildman–Crippen MR) is 71.0 cm³/mol. The molecule has 6 nitrogen and oxygen atoms in total.